The smallest absolute Gasteiger partial charge is 0.302 e. The summed E-state index contributed by atoms with van der Waals surface area (Å²) >= 11 is 3.54. The number of hydrogen-bond donors (Lipinski definition) is 0. The van der Waals surface area contributed by atoms with Crippen molar-refractivity contribution in [1.29, 1.82) is 0 Å². The Morgan fingerprint density at radius 1 is 1.38 bits per heavy atom. The summed E-state index contributed by atoms with van der Waals surface area (Å²) in [6.45, 7) is 8.31. The lowest BCUT2D eigenvalue weighted by Crippen LogP contribution is -2.23. The number of pyridine rings is 1. The van der Waals surface area contributed by atoms with Gasteiger partial charge in [0, 0.05) is 34.2 Å². The minimum absolute atomic E-state index is 0.0825. The molecule has 0 aliphatic rings. The van der Waals surface area contributed by atoms with Gasteiger partial charge in [-0.15, -0.1) is 0 Å². The summed E-state index contributed by atoms with van der Waals surface area (Å²) in [4.78, 5) is 11.0. The Kier molecular flexibility index (Phi) is 4.77. The van der Waals surface area contributed by atoms with E-state index >= 15 is 0 Å². The van der Waals surface area contributed by atoms with Crippen LogP contribution in [0.2, 0.25) is 0 Å². The van der Waals surface area contributed by atoms with Gasteiger partial charge in [-0.3, -0.25) is 4.79 Å². The van der Waals surface area contributed by atoms with Crippen LogP contribution >= 0.6 is 15.9 Å². The predicted octanol–water partition coefficient (Wildman–Crippen LogP) is 4.40. The minimum Gasteiger partial charge on any atom is -0.465 e. The molecule has 0 saturated heterocycles. The Morgan fingerprint density at radius 3 is 2.71 bits per heavy atom. The van der Waals surface area contributed by atoms with E-state index in [-0.39, 0.29) is 11.4 Å². The lowest BCUT2D eigenvalue weighted by atomic mass is 9.87. The van der Waals surface area contributed by atoms with Crippen LogP contribution in [0.15, 0.2) is 28.9 Å². The molecule has 0 aliphatic carbocycles. The van der Waals surface area contributed by atoms with E-state index in [0.29, 0.717) is 6.61 Å². The van der Waals surface area contributed by atoms with Gasteiger partial charge in [-0.1, -0.05) is 36.7 Å². The molecule has 0 fully saturated rings. The Balaban J connectivity index is 2.33. The highest BCUT2D eigenvalue weighted by Crippen LogP contribution is 2.29. The second-order valence-electron chi connectivity index (χ2n) is 6.24. The van der Waals surface area contributed by atoms with Gasteiger partial charge in [0.25, 0.3) is 0 Å². The zero-order valence-corrected chi connectivity index (χ0v) is 14.7. The highest BCUT2D eigenvalue weighted by Gasteiger charge is 2.22. The van der Waals surface area contributed by atoms with Gasteiger partial charge in [-0.25, -0.2) is 0 Å². The average Bonchev–Trinajstić information content (AvgIpc) is 2.73. The van der Waals surface area contributed by atoms with Crippen LogP contribution in [0.1, 0.15) is 39.0 Å². The third kappa shape index (κ3) is 3.88. The van der Waals surface area contributed by atoms with E-state index in [1.165, 1.54) is 23.7 Å². The first-order chi connectivity index (χ1) is 9.82. The van der Waals surface area contributed by atoms with Crippen molar-refractivity contribution < 1.29 is 9.53 Å². The van der Waals surface area contributed by atoms with Gasteiger partial charge in [0.2, 0.25) is 0 Å². The first kappa shape index (κ1) is 16.1. The van der Waals surface area contributed by atoms with Gasteiger partial charge < -0.3 is 9.14 Å². The van der Waals surface area contributed by atoms with E-state index < -0.39 is 0 Å². The number of halogens is 1. The molecule has 0 spiro atoms. The van der Waals surface area contributed by atoms with Gasteiger partial charge >= 0.3 is 5.97 Å². The molecule has 3 nitrogen and oxygen atoms in total. The van der Waals surface area contributed by atoms with Crippen LogP contribution in [0.5, 0.6) is 0 Å². The Morgan fingerprint density at radius 2 is 2.10 bits per heavy atom. The van der Waals surface area contributed by atoms with E-state index in [9.17, 15) is 4.79 Å². The van der Waals surface area contributed by atoms with Crippen LogP contribution in [-0.2, 0) is 22.4 Å². The molecular formula is C17H22BrNO2. The van der Waals surface area contributed by atoms with Crippen LogP contribution < -0.4 is 0 Å². The first-order valence-corrected chi connectivity index (χ1v) is 8.03. The van der Waals surface area contributed by atoms with Crippen LogP contribution in [0, 0.1) is 5.41 Å². The van der Waals surface area contributed by atoms with E-state index in [1.807, 2.05) is 0 Å². The lowest BCUT2D eigenvalue weighted by Gasteiger charge is -2.23. The van der Waals surface area contributed by atoms with Gasteiger partial charge in [-0.05, 0) is 36.6 Å². The van der Waals surface area contributed by atoms with Crippen molar-refractivity contribution >= 4 is 27.4 Å². The third-order valence-electron chi connectivity index (χ3n) is 3.59. The number of aromatic nitrogens is 1. The van der Waals surface area contributed by atoms with Crippen LogP contribution in [-0.4, -0.2) is 17.0 Å². The highest BCUT2D eigenvalue weighted by molar-refractivity contribution is 9.10. The van der Waals surface area contributed by atoms with Crippen LogP contribution in [0.25, 0.3) is 5.52 Å². The Labute approximate surface area is 134 Å². The molecule has 0 radical (unpaired) electrons. The fraction of sp³-hybridized carbons (Fsp3) is 0.471. The maximum atomic E-state index is 11.0. The van der Waals surface area contributed by atoms with E-state index in [2.05, 4.69) is 65.5 Å². The molecule has 0 N–H and O–H groups in total. The van der Waals surface area contributed by atoms with E-state index in [4.69, 9.17) is 4.74 Å². The number of fused-ring (bicyclic) bond motifs is 1. The molecule has 0 unspecified atom stereocenters. The highest BCUT2D eigenvalue weighted by atomic mass is 79.9. The number of aryl methyl sites for hydroxylation is 1. The monoisotopic (exact) mass is 351 g/mol. The number of nitrogens with zero attached hydrogens (tertiary/aromatic N) is 1. The lowest BCUT2D eigenvalue weighted by molar-refractivity contribution is -0.143. The fourth-order valence-corrected chi connectivity index (χ4v) is 2.93. The average molecular weight is 352 g/mol. The summed E-state index contributed by atoms with van der Waals surface area (Å²) in [6.07, 6.45) is 3.97. The Bertz CT molecular complexity index is 658. The number of carbonyl (C=O) groups excluding carboxylic acids is 1. The molecule has 0 saturated carbocycles. The number of ether oxygens (including phenoxy) is 1. The molecule has 0 aliphatic heterocycles. The molecular weight excluding hydrogens is 330 g/mol. The number of hydrogen-bond acceptors (Lipinski definition) is 2. The van der Waals surface area contributed by atoms with Gasteiger partial charge in [0.05, 0.1) is 6.61 Å². The van der Waals surface area contributed by atoms with Crippen molar-refractivity contribution in [3.63, 3.8) is 0 Å². The number of carbonyl (C=O) groups is 1. The van der Waals surface area contributed by atoms with Crippen molar-refractivity contribution in [2.45, 2.75) is 40.5 Å². The molecule has 4 heteroatoms. The quantitative estimate of drug-likeness (QED) is 0.747. The SMILES string of the molecule is CCc1cc(CC(C)(C)COC(C)=O)c2cc(Br)ccn12. The molecule has 114 valence electrons. The normalized spacial score (nSPS) is 11.9. The molecule has 0 atom stereocenters. The van der Waals surface area contributed by atoms with Crippen molar-refractivity contribution in [2.75, 3.05) is 6.61 Å². The van der Waals surface area contributed by atoms with Crippen molar-refractivity contribution in [1.82, 2.24) is 4.40 Å². The van der Waals surface area contributed by atoms with Crippen molar-refractivity contribution in [2.24, 2.45) is 5.41 Å². The fourth-order valence-electron chi connectivity index (χ4n) is 2.59. The summed E-state index contributed by atoms with van der Waals surface area (Å²) < 4.78 is 8.51. The molecule has 2 aromatic rings. The van der Waals surface area contributed by atoms with Crippen LogP contribution in [0.4, 0.5) is 0 Å². The summed E-state index contributed by atoms with van der Waals surface area (Å²) in [6, 6.07) is 6.47. The maximum Gasteiger partial charge on any atom is 0.302 e. The number of rotatable bonds is 5. The minimum atomic E-state index is -0.221. The second-order valence-corrected chi connectivity index (χ2v) is 7.15. The van der Waals surface area contributed by atoms with E-state index in [0.717, 1.165) is 17.3 Å². The number of esters is 1. The topological polar surface area (TPSA) is 30.7 Å². The molecule has 0 amide bonds. The summed E-state index contributed by atoms with van der Waals surface area (Å²) in [7, 11) is 0. The molecule has 2 rings (SSSR count). The molecule has 0 aromatic carbocycles. The van der Waals surface area contributed by atoms with Gasteiger partial charge in [0.1, 0.15) is 0 Å². The maximum absolute atomic E-state index is 11.0. The summed E-state index contributed by atoms with van der Waals surface area (Å²) in [5, 5.41) is 0. The van der Waals surface area contributed by atoms with Gasteiger partial charge in [0.15, 0.2) is 0 Å². The second kappa shape index (κ2) is 6.22. The molecule has 0 bridgehead atoms. The molecule has 2 heterocycles. The first-order valence-electron chi connectivity index (χ1n) is 7.24. The van der Waals surface area contributed by atoms with Crippen molar-refractivity contribution in [3.8, 4) is 0 Å². The van der Waals surface area contributed by atoms with Gasteiger partial charge in [-0.2, -0.15) is 0 Å². The largest absolute Gasteiger partial charge is 0.465 e. The zero-order chi connectivity index (χ0) is 15.6. The third-order valence-corrected chi connectivity index (χ3v) is 4.09. The van der Waals surface area contributed by atoms with Crippen LogP contribution in [0.3, 0.4) is 0 Å². The van der Waals surface area contributed by atoms with Crippen molar-refractivity contribution in [3.05, 3.63) is 40.1 Å². The summed E-state index contributed by atoms with van der Waals surface area (Å²) in [5.41, 5.74) is 3.74. The zero-order valence-electron chi connectivity index (χ0n) is 13.1. The summed E-state index contributed by atoms with van der Waals surface area (Å²) in [5.74, 6) is -0.221. The molecule has 21 heavy (non-hydrogen) atoms. The Hall–Kier alpha value is -1.29. The van der Waals surface area contributed by atoms with E-state index in [1.54, 1.807) is 0 Å². The standard InChI is InChI=1S/C17H22BrNO2/c1-5-15-8-13(10-17(3,4)11-21-12(2)20)16-9-14(18)6-7-19(15)16/h6-9H,5,10-11H2,1-4H3. The molecule has 2 aromatic heterocycles. The predicted molar refractivity (Wildman–Crippen MR) is 88.6 cm³/mol.